The third kappa shape index (κ3) is 8.28. The van der Waals surface area contributed by atoms with Gasteiger partial charge >= 0.3 is 5.97 Å². The number of hydrogen-bond donors (Lipinski definition) is 5. The lowest BCUT2D eigenvalue weighted by Gasteiger charge is -2.25. The average Bonchev–Trinajstić information content (AvgIpc) is 2.57. The number of carboxylic acids is 1. The maximum Gasteiger partial charge on any atom is 0.326 e. The second-order valence-electron chi connectivity index (χ2n) is 6.89. The van der Waals surface area contributed by atoms with Gasteiger partial charge in [-0.3, -0.25) is 14.4 Å². The van der Waals surface area contributed by atoms with Crippen LogP contribution in [0.25, 0.3) is 0 Å². The molecule has 0 heterocycles. The maximum atomic E-state index is 12.4. The summed E-state index contributed by atoms with van der Waals surface area (Å²) in [4.78, 5) is 47.4. The highest BCUT2D eigenvalue weighted by Crippen LogP contribution is 2.09. The molecule has 0 aliphatic rings. The first kappa shape index (κ1) is 23.8. The Balaban J connectivity index is 4.94. The van der Waals surface area contributed by atoms with E-state index in [1.54, 1.807) is 6.92 Å². The van der Waals surface area contributed by atoms with E-state index in [0.29, 0.717) is 6.42 Å². The molecule has 9 heteroatoms. The van der Waals surface area contributed by atoms with Crippen molar-refractivity contribution in [3.63, 3.8) is 0 Å². The van der Waals surface area contributed by atoms with E-state index in [9.17, 15) is 24.3 Å². The van der Waals surface area contributed by atoms with Crippen molar-refractivity contribution in [2.45, 2.75) is 65.6 Å². The predicted molar refractivity (Wildman–Crippen MR) is 97.1 cm³/mol. The molecule has 3 amide bonds. The molecule has 0 fully saturated rings. The SMILES string of the molecule is CC[C@H](C)[C@H](NC(=O)CN)C(=O)N[C@@H](C)C(=O)N[C@@H](CC(C)C)C(=O)O. The van der Waals surface area contributed by atoms with Crippen LogP contribution in [0.2, 0.25) is 0 Å². The zero-order chi connectivity index (χ0) is 20.4. The molecule has 4 atom stereocenters. The maximum absolute atomic E-state index is 12.4. The Morgan fingerprint density at radius 1 is 0.962 bits per heavy atom. The first-order chi connectivity index (χ1) is 12.0. The molecule has 0 aromatic carbocycles. The average molecular weight is 372 g/mol. The quantitative estimate of drug-likeness (QED) is 0.333. The highest BCUT2D eigenvalue weighted by molar-refractivity contribution is 5.93. The Bertz CT molecular complexity index is 509. The van der Waals surface area contributed by atoms with Gasteiger partial charge in [0.25, 0.3) is 0 Å². The zero-order valence-corrected chi connectivity index (χ0v) is 16.2. The molecule has 0 unspecified atom stereocenters. The number of aliphatic carboxylic acids is 1. The molecule has 0 saturated heterocycles. The molecular formula is C17H32N4O5. The molecule has 9 nitrogen and oxygen atoms in total. The van der Waals surface area contributed by atoms with Gasteiger partial charge in [-0.15, -0.1) is 0 Å². The Morgan fingerprint density at radius 2 is 1.54 bits per heavy atom. The van der Waals surface area contributed by atoms with Gasteiger partial charge in [-0.2, -0.15) is 0 Å². The molecule has 0 bridgehead atoms. The van der Waals surface area contributed by atoms with E-state index in [1.807, 2.05) is 20.8 Å². The highest BCUT2D eigenvalue weighted by Gasteiger charge is 2.29. The fraction of sp³-hybridized carbons (Fsp3) is 0.765. The third-order valence-electron chi connectivity index (χ3n) is 4.07. The van der Waals surface area contributed by atoms with Crippen LogP contribution in [-0.2, 0) is 19.2 Å². The lowest BCUT2D eigenvalue weighted by atomic mass is 9.98. The van der Waals surface area contributed by atoms with Crippen molar-refractivity contribution >= 4 is 23.7 Å². The summed E-state index contributed by atoms with van der Waals surface area (Å²) in [6, 6.07) is -2.79. The monoisotopic (exact) mass is 372 g/mol. The summed E-state index contributed by atoms with van der Waals surface area (Å²) in [7, 11) is 0. The summed E-state index contributed by atoms with van der Waals surface area (Å²) in [6.07, 6.45) is 0.919. The minimum atomic E-state index is -1.13. The molecule has 0 aliphatic heterocycles. The summed E-state index contributed by atoms with van der Waals surface area (Å²) in [5.74, 6) is -2.78. The summed E-state index contributed by atoms with van der Waals surface area (Å²) in [5, 5.41) is 16.7. The van der Waals surface area contributed by atoms with Crippen LogP contribution in [0, 0.1) is 11.8 Å². The number of nitrogens with one attached hydrogen (secondary N) is 3. The van der Waals surface area contributed by atoms with Gasteiger partial charge in [0.05, 0.1) is 6.54 Å². The largest absolute Gasteiger partial charge is 0.480 e. The number of nitrogens with two attached hydrogens (primary N) is 1. The van der Waals surface area contributed by atoms with Gasteiger partial charge in [-0.1, -0.05) is 34.1 Å². The number of carbonyl (C=O) groups excluding carboxylic acids is 3. The topological polar surface area (TPSA) is 151 Å². The van der Waals surface area contributed by atoms with Gasteiger partial charge in [0, 0.05) is 0 Å². The summed E-state index contributed by atoms with van der Waals surface area (Å²) >= 11 is 0. The number of rotatable bonds is 11. The van der Waals surface area contributed by atoms with Crippen molar-refractivity contribution in [3.8, 4) is 0 Å². The lowest BCUT2D eigenvalue weighted by Crippen LogP contribution is -2.56. The Labute approximate surface area is 154 Å². The van der Waals surface area contributed by atoms with E-state index in [1.165, 1.54) is 6.92 Å². The van der Waals surface area contributed by atoms with Crippen molar-refractivity contribution in [2.24, 2.45) is 17.6 Å². The van der Waals surface area contributed by atoms with Crippen molar-refractivity contribution in [1.29, 1.82) is 0 Å². The molecule has 0 aromatic heterocycles. The normalized spacial score (nSPS) is 15.5. The third-order valence-corrected chi connectivity index (χ3v) is 4.07. The van der Waals surface area contributed by atoms with Crippen LogP contribution in [0.3, 0.4) is 0 Å². The Kier molecular flexibility index (Phi) is 10.5. The van der Waals surface area contributed by atoms with Crippen LogP contribution in [0.15, 0.2) is 0 Å². The fourth-order valence-electron chi connectivity index (χ4n) is 2.29. The van der Waals surface area contributed by atoms with E-state index < -0.39 is 41.8 Å². The van der Waals surface area contributed by atoms with Crippen molar-refractivity contribution in [1.82, 2.24) is 16.0 Å². The standard InChI is InChI=1S/C17H32N4O5/c1-6-10(4)14(21-13(22)8-18)16(24)19-11(5)15(23)20-12(17(25)26)7-9(2)3/h9-12,14H,6-8,18H2,1-5H3,(H,19,24)(H,20,23)(H,21,22)(H,25,26)/t10-,11-,12-,14-/m0/s1. The minimum Gasteiger partial charge on any atom is -0.480 e. The smallest absolute Gasteiger partial charge is 0.326 e. The highest BCUT2D eigenvalue weighted by atomic mass is 16.4. The molecule has 150 valence electrons. The van der Waals surface area contributed by atoms with Crippen LogP contribution in [-0.4, -0.2) is 53.5 Å². The number of carbonyl (C=O) groups is 4. The number of hydrogen-bond acceptors (Lipinski definition) is 5. The van der Waals surface area contributed by atoms with Crippen LogP contribution in [0.4, 0.5) is 0 Å². The molecule has 0 spiro atoms. The molecule has 0 radical (unpaired) electrons. The Morgan fingerprint density at radius 3 is 1.96 bits per heavy atom. The first-order valence-electron chi connectivity index (χ1n) is 8.86. The summed E-state index contributed by atoms with van der Waals surface area (Å²) < 4.78 is 0. The number of carboxylic acid groups (broad SMARTS) is 1. The van der Waals surface area contributed by atoms with E-state index in [0.717, 1.165) is 0 Å². The molecule has 26 heavy (non-hydrogen) atoms. The van der Waals surface area contributed by atoms with Gasteiger partial charge < -0.3 is 26.8 Å². The van der Waals surface area contributed by atoms with E-state index in [-0.39, 0.29) is 24.8 Å². The van der Waals surface area contributed by atoms with Crippen LogP contribution < -0.4 is 21.7 Å². The van der Waals surface area contributed by atoms with Crippen molar-refractivity contribution in [3.05, 3.63) is 0 Å². The Hall–Kier alpha value is -2.16. The molecule has 0 rings (SSSR count). The molecule has 0 aliphatic carbocycles. The van der Waals surface area contributed by atoms with Crippen LogP contribution in [0.1, 0.15) is 47.5 Å². The molecule has 6 N–H and O–H groups in total. The van der Waals surface area contributed by atoms with Gasteiger partial charge in [-0.25, -0.2) is 4.79 Å². The zero-order valence-electron chi connectivity index (χ0n) is 16.2. The first-order valence-corrected chi connectivity index (χ1v) is 8.86. The van der Waals surface area contributed by atoms with Gasteiger partial charge in [-0.05, 0) is 25.2 Å². The van der Waals surface area contributed by atoms with Crippen molar-refractivity contribution < 1.29 is 24.3 Å². The number of amides is 3. The van der Waals surface area contributed by atoms with Gasteiger partial charge in [0.1, 0.15) is 18.1 Å². The summed E-state index contributed by atoms with van der Waals surface area (Å²) in [6.45, 7) is 8.59. The molecule has 0 aromatic rings. The van der Waals surface area contributed by atoms with Gasteiger partial charge in [0.15, 0.2) is 0 Å². The second kappa shape index (κ2) is 11.5. The van der Waals surface area contributed by atoms with E-state index in [2.05, 4.69) is 16.0 Å². The lowest BCUT2D eigenvalue weighted by molar-refractivity contribution is -0.142. The van der Waals surface area contributed by atoms with E-state index in [4.69, 9.17) is 5.73 Å². The summed E-state index contributed by atoms with van der Waals surface area (Å²) in [5.41, 5.74) is 5.27. The van der Waals surface area contributed by atoms with Crippen molar-refractivity contribution in [2.75, 3.05) is 6.54 Å². The van der Waals surface area contributed by atoms with E-state index >= 15 is 0 Å². The fourth-order valence-corrected chi connectivity index (χ4v) is 2.29. The van der Waals surface area contributed by atoms with Crippen LogP contribution >= 0.6 is 0 Å². The minimum absolute atomic E-state index is 0.0857. The second-order valence-corrected chi connectivity index (χ2v) is 6.89. The van der Waals surface area contributed by atoms with Gasteiger partial charge in [0.2, 0.25) is 17.7 Å². The van der Waals surface area contributed by atoms with Crippen LogP contribution in [0.5, 0.6) is 0 Å². The molecule has 0 saturated carbocycles. The molecular weight excluding hydrogens is 340 g/mol. The predicted octanol–water partition coefficient (Wildman–Crippen LogP) is -0.404.